The Hall–Kier alpha value is -4.44. The van der Waals surface area contributed by atoms with Crippen LogP contribution in [-0.2, 0) is 6.61 Å². The highest BCUT2D eigenvalue weighted by atomic mass is 16.5. The van der Waals surface area contributed by atoms with Gasteiger partial charge in [-0.3, -0.25) is 4.79 Å². The average Bonchev–Trinajstić information content (AvgIpc) is 2.88. The lowest BCUT2D eigenvalue weighted by Gasteiger charge is -2.08. The number of nitrogens with one attached hydrogen (secondary N) is 1. The number of hydrogen-bond donors (Lipinski definition) is 1. The molecule has 0 aliphatic carbocycles. The molecular weight excluding hydrogens is 420 g/mol. The normalized spacial score (nSPS) is 11.2. The van der Waals surface area contributed by atoms with Gasteiger partial charge in [-0.25, -0.2) is 5.43 Å². The van der Waals surface area contributed by atoms with E-state index in [1.54, 1.807) is 30.5 Å². The lowest BCUT2D eigenvalue weighted by molar-refractivity contribution is 0.0955. The number of carbonyl (C=O) groups is 1. The molecule has 0 saturated carbocycles. The molecule has 0 unspecified atom stereocenters. The first-order chi connectivity index (χ1) is 16.7. The van der Waals surface area contributed by atoms with Crippen molar-refractivity contribution in [2.24, 2.45) is 5.10 Å². The van der Waals surface area contributed by atoms with Crippen LogP contribution in [0.5, 0.6) is 5.75 Å². The monoisotopic (exact) mass is 444 g/mol. The molecule has 166 valence electrons. The van der Waals surface area contributed by atoms with Gasteiger partial charge in [0.05, 0.1) is 6.21 Å². The zero-order chi connectivity index (χ0) is 23.3. The van der Waals surface area contributed by atoms with Crippen molar-refractivity contribution < 1.29 is 9.53 Å². The summed E-state index contributed by atoms with van der Waals surface area (Å²) in [5.41, 5.74) is 6.46. The highest BCUT2D eigenvalue weighted by molar-refractivity contribution is 6.13. The van der Waals surface area contributed by atoms with Crippen LogP contribution in [0.3, 0.4) is 0 Å². The van der Waals surface area contributed by atoms with E-state index in [1.165, 1.54) is 5.56 Å². The maximum absolute atomic E-state index is 12.6. The van der Waals surface area contributed by atoms with Gasteiger partial charge in [0.15, 0.2) is 0 Å². The molecule has 0 atom stereocenters. The van der Waals surface area contributed by atoms with E-state index in [0.717, 1.165) is 32.7 Å². The number of hydrazone groups is 1. The van der Waals surface area contributed by atoms with Crippen molar-refractivity contribution in [3.63, 3.8) is 0 Å². The van der Waals surface area contributed by atoms with Gasteiger partial charge in [0.2, 0.25) is 0 Å². The van der Waals surface area contributed by atoms with Crippen LogP contribution in [0.1, 0.15) is 27.0 Å². The van der Waals surface area contributed by atoms with Crippen molar-refractivity contribution in [1.82, 2.24) is 5.43 Å². The molecule has 5 aromatic carbocycles. The van der Waals surface area contributed by atoms with Crippen LogP contribution < -0.4 is 10.2 Å². The lowest BCUT2D eigenvalue weighted by atomic mass is 9.97. The van der Waals surface area contributed by atoms with Gasteiger partial charge in [0.1, 0.15) is 12.4 Å². The summed E-state index contributed by atoms with van der Waals surface area (Å²) >= 11 is 0. The van der Waals surface area contributed by atoms with Crippen LogP contribution in [0.4, 0.5) is 0 Å². The van der Waals surface area contributed by atoms with E-state index < -0.39 is 0 Å². The van der Waals surface area contributed by atoms with E-state index in [4.69, 9.17) is 4.74 Å². The second-order valence-corrected chi connectivity index (χ2v) is 8.23. The number of amides is 1. The Morgan fingerprint density at radius 3 is 2.09 bits per heavy atom. The van der Waals surface area contributed by atoms with Crippen LogP contribution in [0, 0.1) is 6.92 Å². The molecule has 0 bridgehead atoms. The number of aryl methyl sites for hydroxylation is 1. The third kappa shape index (κ3) is 4.66. The molecule has 0 aromatic heterocycles. The highest BCUT2D eigenvalue weighted by Crippen LogP contribution is 2.27. The molecule has 0 radical (unpaired) electrons. The number of ether oxygens (including phenoxy) is 1. The minimum Gasteiger partial charge on any atom is -0.489 e. The number of benzene rings is 5. The van der Waals surface area contributed by atoms with E-state index in [0.29, 0.717) is 17.9 Å². The molecule has 0 heterocycles. The number of carbonyl (C=O) groups excluding carboxylic acids is 1. The molecule has 5 rings (SSSR count). The summed E-state index contributed by atoms with van der Waals surface area (Å²) in [5.74, 6) is 0.439. The number of rotatable bonds is 6. The standard InChI is InChI=1S/C30H24N2O2/c1-21-10-12-22(13-11-21)20-34-26-16-14-23(15-17-26)30(33)32-31-19-29-27-8-4-2-6-24(27)18-25-7-3-5-9-28(25)29/h2-19H,20H2,1H3,(H,32,33)/b31-19-. The van der Waals surface area contributed by atoms with Gasteiger partial charge in [0, 0.05) is 11.1 Å². The zero-order valence-electron chi connectivity index (χ0n) is 18.9. The third-order valence-corrected chi connectivity index (χ3v) is 5.82. The molecule has 0 fully saturated rings. The van der Waals surface area contributed by atoms with Gasteiger partial charge in [-0.1, -0.05) is 78.4 Å². The number of hydrogen-bond acceptors (Lipinski definition) is 3. The molecule has 5 aromatic rings. The Morgan fingerprint density at radius 2 is 1.44 bits per heavy atom. The van der Waals surface area contributed by atoms with Gasteiger partial charge >= 0.3 is 0 Å². The van der Waals surface area contributed by atoms with Gasteiger partial charge in [-0.05, 0) is 64.4 Å². The molecule has 1 amide bonds. The van der Waals surface area contributed by atoms with Gasteiger partial charge < -0.3 is 4.74 Å². The van der Waals surface area contributed by atoms with Crippen LogP contribution in [-0.4, -0.2) is 12.1 Å². The maximum atomic E-state index is 12.6. The van der Waals surface area contributed by atoms with Crippen LogP contribution in [0.2, 0.25) is 0 Å². The van der Waals surface area contributed by atoms with E-state index in [2.05, 4.69) is 59.9 Å². The van der Waals surface area contributed by atoms with Gasteiger partial charge in [-0.15, -0.1) is 0 Å². The summed E-state index contributed by atoms with van der Waals surface area (Å²) in [6.45, 7) is 2.54. The lowest BCUT2D eigenvalue weighted by Crippen LogP contribution is -2.17. The molecule has 1 N–H and O–H groups in total. The minimum atomic E-state index is -0.272. The van der Waals surface area contributed by atoms with Gasteiger partial charge in [0.25, 0.3) is 5.91 Å². The molecule has 0 aliphatic heterocycles. The smallest absolute Gasteiger partial charge is 0.271 e. The summed E-state index contributed by atoms with van der Waals surface area (Å²) in [6.07, 6.45) is 1.72. The van der Waals surface area contributed by atoms with Crippen molar-refractivity contribution in [1.29, 1.82) is 0 Å². The second kappa shape index (κ2) is 9.59. The van der Waals surface area contributed by atoms with Crippen molar-refractivity contribution in [2.75, 3.05) is 0 Å². The first-order valence-electron chi connectivity index (χ1n) is 11.2. The van der Waals surface area contributed by atoms with E-state index in [-0.39, 0.29) is 5.91 Å². The minimum absolute atomic E-state index is 0.272. The predicted octanol–water partition coefficient (Wildman–Crippen LogP) is 6.64. The van der Waals surface area contributed by atoms with Crippen LogP contribution in [0.25, 0.3) is 21.5 Å². The molecule has 34 heavy (non-hydrogen) atoms. The second-order valence-electron chi connectivity index (χ2n) is 8.23. The Balaban J connectivity index is 1.28. The fourth-order valence-corrected chi connectivity index (χ4v) is 3.96. The molecule has 0 saturated heterocycles. The Kier molecular flexibility index (Phi) is 6.04. The van der Waals surface area contributed by atoms with Crippen molar-refractivity contribution in [3.8, 4) is 5.75 Å². The fraction of sp³-hybridized carbons (Fsp3) is 0.0667. The summed E-state index contributed by atoms with van der Waals surface area (Å²) in [6, 6.07) is 33.8. The predicted molar refractivity (Wildman–Crippen MR) is 138 cm³/mol. The first-order valence-corrected chi connectivity index (χ1v) is 11.2. The van der Waals surface area contributed by atoms with E-state index in [9.17, 15) is 4.79 Å². The van der Waals surface area contributed by atoms with E-state index >= 15 is 0 Å². The zero-order valence-corrected chi connectivity index (χ0v) is 18.9. The average molecular weight is 445 g/mol. The highest BCUT2D eigenvalue weighted by Gasteiger charge is 2.07. The van der Waals surface area contributed by atoms with Crippen molar-refractivity contribution >= 4 is 33.7 Å². The summed E-state index contributed by atoms with van der Waals surface area (Å²) in [5, 5.41) is 8.72. The molecule has 4 nitrogen and oxygen atoms in total. The number of nitrogens with zero attached hydrogens (tertiary/aromatic N) is 1. The molecule has 0 spiro atoms. The summed E-state index contributed by atoms with van der Waals surface area (Å²) in [7, 11) is 0. The quantitative estimate of drug-likeness (QED) is 0.181. The molecular formula is C30H24N2O2. The largest absolute Gasteiger partial charge is 0.489 e. The van der Waals surface area contributed by atoms with Gasteiger partial charge in [-0.2, -0.15) is 5.10 Å². The maximum Gasteiger partial charge on any atom is 0.271 e. The topological polar surface area (TPSA) is 50.7 Å². The van der Waals surface area contributed by atoms with Crippen molar-refractivity contribution in [2.45, 2.75) is 13.5 Å². The Bertz CT molecular complexity index is 1430. The Morgan fingerprint density at radius 1 is 0.824 bits per heavy atom. The summed E-state index contributed by atoms with van der Waals surface area (Å²) in [4.78, 5) is 12.6. The molecule has 0 aliphatic rings. The summed E-state index contributed by atoms with van der Waals surface area (Å²) < 4.78 is 5.83. The van der Waals surface area contributed by atoms with Crippen LogP contribution in [0.15, 0.2) is 108 Å². The number of fused-ring (bicyclic) bond motifs is 2. The van der Waals surface area contributed by atoms with E-state index in [1.807, 2.05) is 36.4 Å². The first kappa shape index (κ1) is 21.4. The van der Waals surface area contributed by atoms with Crippen LogP contribution >= 0.6 is 0 Å². The molecule has 4 heteroatoms. The fourth-order valence-electron chi connectivity index (χ4n) is 3.96. The van der Waals surface area contributed by atoms with Crippen molar-refractivity contribution in [3.05, 3.63) is 125 Å². The third-order valence-electron chi connectivity index (χ3n) is 5.82. The Labute approximate surface area is 198 Å². The SMILES string of the molecule is Cc1ccc(COc2ccc(C(=O)N/N=C\c3c4ccccc4cc4ccccc34)cc2)cc1.